The summed E-state index contributed by atoms with van der Waals surface area (Å²) < 4.78 is 42.7. The van der Waals surface area contributed by atoms with E-state index in [-0.39, 0.29) is 37.7 Å². The van der Waals surface area contributed by atoms with Crippen LogP contribution in [0.2, 0.25) is 0 Å². The van der Waals surface area contributed by atoms with Gasteiger partial charge in [-0.05, 0) is 50.1 Å². The lowest BCUT2D eigenvalue weighted by molar-refractivity contribution is -0.140. The zero-order valence-corrected chi connectivity index (χ0v) is 22.5. The molecule has 0 fully saturated rings. The molecule has 0 saturated heterocycles. The Kier molecular flexibility index (Phi) is 9.62. The Balaban J connectivity index is 1.72. The number of rotatable bonds is 12. The quantitative estimate of drug-likeness (QED) is 0.446. The molecule has 0 bridgehead atoms. The lowest BCUT2D eigenvalue weighted by Gasteiger charge is -2.29. The Labute approximate surface area is 218 Å². The minimum absolute atomic E-state index is 0.0659. The number of nitrogens with one attached hydrogen (secondary N) is 1. The Morgan fingerprint density at radius 3 is 2.38 bits per heavy atom. The van der Waals surface area contributed by atoms with Crippen molar-refractivity contribution < 1.29 is 32.2 Å². The minimum Gasteiger partial charge on any atom is -0.497 e. The van der Waals surface area contributed by atoms with Crippen molar-refractivity contribution in [3.63, 3.8) is 0 Å². The van der Waals surface area contributed by atoms with Crippen LogP contribution in [0, 0.1) is 0 Å². The molecule has 11 heteroatoms. The highest BCUT2D eigenvalue weighted by Crippen LogP contribution is 2.34. The van der Waals surface area contributed by atoms with Crippen molar-refractivity contribution in [2.45, 2.75) is 39.3 Å². The topological polar surface area (TPSA) is 114 Å². The van der Waals surface area contributed by atoms with Crippen LogP contribution in [0.3, 0.4) is 0 Å². The zero-order valence-electron chi connectivity index (χ0n) is 21.7. The van der Waals surface area contributed by atoms with Gasteiger partial charge in [-0.25, -0.2) is 8.42 Å². The minimum atomic E-state index is -3.62. The average Bonchev–Trinajstić information content (AvgIpc) is 2.88. The normalized spacial score (nSPS) is 13.4. The Bertz CT molecular complexity index is 1190. The van der Waals surface area contributed by atoms with Gasteiger partial charge >= 0.3 is 0 Å². The van der Waals surface area contributed by atoms with Crippen LogP contribution in [0.4, 0.5) is 5.69 Å². The van der Waals surface area contributed by atoms with Crippen LogP contribution in [0.5, 0.6) is 17.2 Å². The molecule has 1 aliphatic heterocycles. The van der Waals surface area contributed by atoms with Crippen LogP contribution in [0.15, 0.2) is 42.5 Å². The fraction of sp³-hybridized carbons (Fsp3) is 0.462. The van der Waals surface area contributed by atoms with E-state index in [0.29, 0.717) is 42.7 Å². The summed E-state index contributed by atoms with van der Waals surface area (Å²) in [5.74, 6) is 1.24. The van der Waals surface area contributed by atoms with Crippen molar-refractivity contribution in [3.8, 4) is 17.2 Å². The van der Waals surface area contributed by atoms with Gasteiger partial charge in [-0.3, -0.25) is 13.9 Å². The molecule has 37 heavy (non-hydrogen) atoms. The first-order valence-corrected chi connectivity index (χ1v) is 14.1. The molecule has 0 radical (unpaired) electrons. The maximum Gasteiger partial charge on any atom is 0.242 e. The molecule has 10 nitrogen and oxygen atoms in total. The van der Waals surface area contributed by atoms with Crippen LogP contribution in [0.25, 0.3) is 0 Å². The predicted molar refractivity (Wildman–Crippen MR) is 141 cm³/mol. The van der Waals surface area contributed by atoms with Crippen molar-refractivity contribution >= 4 is 27.5 Å². The van der Waals surface area contributed by atoms with E-state index in [1.165, 1.54) is 9.21 Å². The van der Waals surface area contributed by atoms with Crippen molar-refractivity contribution in [2.24, 2.45) is 0 Å². The van der Waals surface area contributed by atoms with E-state index in [9.17, 15) is 18.0 Å². The smallest absolute Gasteiger partial charge is 0.242 e. The summed E-state index contributed by atoms with van der Waals surface area (Å²) in [5.41, 5.74) is 1.28. The van der Waals surface area contributed by atoms with Gasteiger partial charge < -0.3 is 24.4 Å². The highest BCUT2D eigenvalue weighted by atomic mass is 32.2. The molecular weight excluding hydrogens is 498 g/mol. The number of benzene rings is 2. The molecule has 0 saturated carbocycles. The molecule has 2 aromatic rings. The number of nitrogens with zero attached hydrogens (tertiary/aromatic N) is 2. The van der Waals surface area contributed by atoms with Gasteiger partial charge in [0.15, 0.2) is 11.5 Å². The number of hydrogen-bond donors (Lipinski definition) is 1. The second-order valence-corrected chi connectivity index (χ2v) is 10.6. The van der Waals surface area contributed by atoms with Gasteiger partial charge in [-0.2, -0.15) is 0 Å². The second-order valence-electron chi connectivity index (χ2n) is 8.71. The molecule has 0 unspecified atom stereocenters. The molecule has 0 aliphatic carbocycles. The number of ether oxygens (including phenoxy) is 3. The van der Waals surface area contributed by atoms with E-state index < -0.39 is 16.1 Å². The van der Waals surface area contributed by atoms with Crippen molar-refractivity contribution in [3.05, 3.63) is 48.0 Å². The number of fused-ring (bicyclic) bond motifs is 1. The molecule has 1 aliphatic rings. The van der Waals surface area contributed by atoms with E-state index in [1.54, 1.807) is 44.4 Å². The van der Waals surface area contributed by atoms with Gasteiger partial charge in [-0.1, -0.05) is 12.1 Å². The summed E-state index contributed by atoms with van der Waals surface area (Å²) in [5, 5.41) is 2.76. The maximum atomic E-state index is 13.3. The molecule has 1 N–H and O–H groups in total. The SMILES string of the molecule is CCNC(=O)[C@H](C)N(Cc1ccc(OC)cc1)C(=O)CCCN(c1ccc2c(c1)OCCO2)S(C)(=O)=O. The van der Waals surface area contributed by atoms with Gasteiger partial charge in [0, 0.05) is 32.1 Å². The van der Waals surface area contributed by atoms with Crippen molar-refractivity contribution in [1.29, 1.82) is 0 Å². The first-order chi connectivity index (χ1) is 17.6. The maximum absolute atomic E-state index is 13.3. The molecule has 202 valence electrons. The van der Waals surface area contributed by atoms with Gasteiger partial charge in [0.05, 0.1) is 19.1 Å². The number of amides is 2. The lowest BCUT2D eigenvalue weighted by atomic mass is 10.1. The van der Waals surface area contributed by atoms with E-state index in [0.717, 1.165) is 11.8 Å². The summed E-state index contributed by atoms with van der Waals surface area (Å²) in [6.07, 6.45) is 1.46. The standard InChI is InChI=1S/C26H35N3O7S/c1-5-27-26(31)19(2)28(18-20-8-11-22(34-3)12-9-20)25(30)7-6-14-29(37(4,32)33)21-10-13-23-24(17-21)36-16-15-35-23/h8-13,17,19H,5-7,14-16,18H2,1-4H3,(H,27,31)/t19-/m0/s1. The molecule has 2 amide bonds. The third kappa shape index (κ3) is 7.51. The highest BCUT2D eigenvalue weighted by Gasteiger charge is 2.27. The zero-order chi connectivity index (χ0) is 27.0. The van der Waals surface area contributed by atoms with Crippen molar-refractivity contribution in [2.75, 3.05) is 44.0 Å². The van der Waals surface area contributed by atoms with Crippen LogP contribution in [0.1, 0.15) is 32.3 Å². The molecule has 2 aromatic carbocycles. The molecule has 0 spiro atoms. The van der Waals surface area contributed by atoms with Crippen LogP contribution in [-0.4, -0.2) is 70.8 Å². The number of carbonyl (C=O) groups is 2. The van der Waals surface area contributed by atoms with Crippen LogP contribution >= 0.6 is 0 Å². The summed E-state index contributed by atoms with van der Waals surface area (Å²) in [6.45, 7) is 5.10. The third-order valence-corrected chi connectivity index (χ3v) is 7.19. The average molecular weight is 534 g/mol. The Morgan fingerprint density at radius 2 is 1.76 bits per heavy atom. The van der Waals surface area contributed by atoms with Crippen LogP contribution < -0.4 is 23.8 Å². The number of sulfonamides is 1. The van der Waals surface area contributed by atoms with Gasteiger partial charge in [0.1, 0.15) is 25.0 Å². The first kappa shape index (κ1) is 28.1. The van der Waals surface area contributed by atoms with Gasteiger partial charge in [-0.15, -0.1) is 0 Å². The Hall–Kier alpha value is -3.47. The summed E-state index contributed by atoms with van der Waals surface area (Å²) in [6, 6.07) is 11.6. The van der Waals surface area contributed by atoms with E-state index in [1.807, 2.05) is 19.1 Å². The monoisotopic (exact) mass is 533 g/mol. The van der Waals surface area contributed by atoms with Crippen LogP contribution in [-0.2, 0) is 26.2 Å². The number of methoxy groups -OCH3 is 1. The fourth-order valence-corrected chi connectivity index (χ4v) is 4.98. The third-order valence-electron chi connectivity index (χ3n) is 6.00. The van der Waals surface area contributed by atoms with E-state index in [4.69, 9.17) is 14.2 Å². The van der Waals surface area contributed by atoms with Crippen molar-refractivity contribution in [1.82, 2.24) is 10.2 Å². The number of carbonyl (C=O) groups excluding carboxylic acids is 2. The molecule has 1 atom stereocenters. The van der Waals surface area contributed by atoms with Gasteiger partial charge in [0.2, 0.25) is 21.8 Å². The first-order valence-electron chi connectivity index (χ1n) is 12.2. The second kappa shape index (κ2) is 12.7. The fourth-order valence-electron chi connectivity index (χ4n) is 4.02. The molecule has 0 aromatic heterocycles. The Morgan fingerprint density at radius 1 is 1.08 bits per heavy atom. The summed E-state index contributed by atoms with van der Waals surface area (Å²) in [4.78, 5) is 27.4. The van der Waals surface area contributed by atoms with Gasteiger partial charge in [0.25, 0.3) is 0 Å². The molecule has 1 heterocycles. The summed E-state index contributed by atoms with van der Waals surface area (Å²) in [7, 11) is -2.04. The highest BCUT2D eigenvalue weighted by molar-refractivity contribution is 7.92. The molecular formula is C26H35N3O7S. The summed E-state index contributed by atoms with van der Waals surface area (Å²) >= 11 is 0. The lowest BCUT2D eigenvalue weighted by Crippen LogP contribution is -2.47. The number of hydrogen-bond acceptors (Lipinski definition) is 7. The largest absolute Gasteiger partial charge is 0.497 e. The predicted octanol–water partition coefficient (Wildman–Crippen LogP) is 2.57. The van der Waals surface area contributed by atoms with E-state index in [2.05, 4.69) is 5.32 Å². The number of likely N-dealkylation sites (N-methyl/N-ethyl adjacent to an activating group) is 1. The van der Waals surface area contributed by atoms with E-state index >= 15 is 0 Å². The number of anilines is 1. The molecule has 3 rings (SSSR count).